The Morgan fingerprint density at radius 1 is 1.16 bits per heavy atom. The number of rotatable bonds is 5. The first-order valence-corrected chi connectivity index (χ1v) is 9.71. The van der Waals surface area contributed by atoms with Crippen LogP contribution in [-0.4, -0.2) is 34.7 Å². The monoisotopic (exact) mass is 357 g/mol. The zero-order valence-corrected chi connectivity index (χ0v) is 14.9. The number of benzene rings is 2. The van der Waals surface area contributed by atoms with Gasteiger partial charge in [0.1, 0.15) is 12.4 Å². The molecule has 0 bridgehead atoms. The van der Waals surface area contributed by atoms with Gasteiger partial charge in [-0.3, -0.25) is 4.79 Å². The highest BCUT2D eigenvalue weighted by molar-refractivity contribution is 7.99. The Balaban J connectivity index is 1.55. The molecule has 132 valence electrons. The van der Waals surface area contributed by atoms with Gasteiger partial charge in [0.15, 0.2) is 0 Å². The maximum Gasteiger partial charge on any atom is 0.251 e. The van der Waals surface area contributed by atoms with E-state index < -0.39 is 6.10 Å². The average molecular weight is 357 g/mol. The lowest BCUT2D eigenvalue weighted by atomic mass is 10.1. The fourth-order valence-electron chi connectivity index (χ4n) is 2.75. The van der Waals surface area contributed by atoms with Crippen molar-refractivity contribution in [1.29, 1.82) is 0 Å². The molecule has 5 heteroatoms. The van der Waals surface area contributed by atoms with Crippen LogP contribution >= 0.6 is 11.8 Å². The number of thioether (sulfide) groups is 1. The zero-order valence-electron chi connectivity index (χ0n) is 14.1. The standard InChI is InChI=1S/C20H23NO3S/c22-19-7-4-12-25-14-18(19)21-20(23)16-8-10-17(11-9-16)24-13-15-5-2-1-3-6-15/h1-3,5-6,8-11,18-19,22H,4,7,12-14H2,(H,21,23)/t18-,19-/m1/s1. The molecule has 0 saturated carbocycles. The van der Waals surface area contributed by atoms with Crippen molar-refractivity contribution in [2.75, 3.05) is 11.5 Å². The van der Waals surface area contributed by atoms with Gasteiger partial charge in [-0.25, -0.2) is 0 Å². The summed E-state index contributed by atoms with van der Waals surface area (Å²) in [4.78, 5) is 12.4. The molecule has 1 saturated heterocycles. The molecule has 0 aliphatic carbocycles. The van der Waals surface area contributed by atoms with Crippen LogP contribution in [0.25, 0.3) is 0 Å². The van der Waals surface area contributed by atoms with Gasteiger partial charge in [-0.2, -0.15) is 11.8 Å². The van der Waals surface area contributed by atoms with E-state index in [1.165, 1.54) is 0 Å². The maximum atomic E-state index is 12.4. The number of carbonyl (C=O) groups is 1. The van der Waals surface area contributed by atoms with Gasteiger partial charge >= 0.3 is 0 Å². The number of amides is 1. The highest BCUT2D eigenvalue weighted by Gasteiger charge is 2.23. The van der Waals surface area contributed by atoms with E-state index in [0.717, 1.165) is 35.7 Å². The van der Waals surface area contributed by atoms with E-state index in [9.17, 15) is 9.90 Å². The van der Waals surface area contributed by atoms with Crippen LogP contribution in [0.5, 0.6) is 5.75 Å². The van der Waals surface area contributed by atoms with E-state index in [2.05, 4.69) is 5.32 Å². The van der Waals surface area contributed by atoms with Crippen LogP contribution < -0.4 is 10.1 Å². The number of nitrogens with one attached hydrogen (secondary N) is 1. The maximum absolute atomic E-state index is 12.4. The third-order valence-corrected chi connectivity index (χ3v) is 5.40. The first-order chi connectivity index (χ1) is 12.2. The second-order valence-corrected chi connectivity index (χ2v) is 7.31. The molecular weight excluding hydrogens is 334 g/mol. The van der Waals surface area contributed by atoms with E-state index in [0.29, 0.717) is 12.2 Å². The Bertz CT molecular complexity index is 675. The largest absolute Gasteiger partial charge is 0.489 e. The summed E-state index contributed by atoms with van der Waals surface area (Å²) in [6.45, 7) is 0.498. The molecule has 25 heavy (non-hydrogen) atoms. The molecule has 1 heterocycles. The normalized spacial score (nSPS) is 20.5. The summed E-state index contributed by atoms with van der Waals surface area (Å²) < 4.78 is 5.74. The van der Waals surface area contributed by atoms with Crippen molar-refractivity contribution in [2.45, 2.75) is 31.6 Å². The molecule has 1 aliphatic heterocycles. The van der Waals surface area contributed by atoms with E-state index in [4.69, 9.17) is 4.74 Å². The minimum Gasteiger partial charge on any atom is -0.489 e. The molecule has 2 aromatic carbocycles. The van der Waals surface area contributed by atoms with Gasteiger partial charge in [-0.1, -0.05) is 30.3 Å². The van der Waals surface area contributed by atoms with Gasteiger partial charge in [0.2, 0.25) is 0 Å². The molecule has 3 rings (SSSR count). The highest BCUT2D eigenvalue weighted by Crippen LogP contribution is 2.19. The summed E-state index contributed by atoms with van der Waals surface area (Å²) >= 11 is 1.78. The molecule has 4 nitrogen and oxygen atoms in total. The fraction of sp³-hybridized carbons (Fsp3) is 0.350. The smallest absolute Gasteiger partial charge is 0.251 e. The molecule has 0 radical (unpaired) electrons. The number of hydrogen-bond donors (Lipinski definition) is 2. The Hall–Kier alpha value is -1.98. The minimum atomic E-state index is -0.465. The number of aliphatic hydroxyl groups is 1. The van der Waals surface area contributed by atoms with Crippen molar-refractivity contribution >= 4 is 17.7 Å². The lowest BCUT2D eigenvalue weighted by Gasteiger charge is -2.21. The Morgan fingerprint density at radius 3 is 2.68 bits per heavy atom. The molecular formula is C20H23NO3S. The second kappa shape index (κ2) is 8.92. The van der Waals surface area contributed by atoms with E-state index in [1.54, 1.807) is 36.0 Å². The fourth-order valence-corrected chi connectivity index (χ4v) is 3.85. The molecule has 2 N–H and O–H groups in total. The van der Waals surface area contributed by atoms with Crippen LogP contribution in [-0.2, 0) is 6.61 Å². The number of ether oxygens (including phenoxy) is 1. The summed E-state index contributed by atoms with van der Waals surface area (Å²) in [6.07, 6.45) is 1.27. The highest BCUT2D eigenvalue weighted by atomic mass is 32.2. The molecule has 1 fully saturated rings. The molecule has 0 aromatic heterocycles. The van der Waals surface area contributed by atoms with Crippen LogP contribution in [0.3, 0.4) is 0 Å². The third-order valence-electron chi connectivity index (χ3n) is 4.23. The van der Waals surface area contributed by atoms with Crippen molar-refractivity contribution in [3.8, 4) is 5.75 Å². The van der Waals surface area contributed by atoms with Crippen molar-refractivity contribution < 1.29 is 14.6 Å². The molecule has 0 unspecified atom stereocenters. The van der Waals surface area contributed by atoms with Gasteiger partial charge < -0.3 is 15.2 Å². The van der Waals surface area contributed by atoms with Gasteiger partial charge in [-0.15, -0.1) is 0 Å². The van der Waals surface area contributed by atoms with Crippen LogP contribution in [0.4, 0.5) is 0 Å². The van der Waals surface area contributed by atoms with Crippen molar-refractivity contribution in [2.24, 2.45) is 0 Å². The molecule has 2 atom stereocenters. The number of hydrogen-bond acceptors (Lipinski definition) is 4. The van der Waals surface area contributed by atoms with Crippen molar-refractivity contribution in [3.63, 3.8) is 0 Å². The third kappa shape index (κ3) is 5.25. The second-order valence-electron chi connectivity index (χ2n) is 6.16. The number of carbonyl (C=O) groups excluding carboxylic acids is 1. The summed E-state index contributed by atoms with van der Waals surface area (Å²) in [5.41, 5.74) is 1.68. The predicted molar refractivity (Wildman–Crippen MR) is 101 cm³/mol. The Labute approximate surface area is 152 Å². The number of aliphatic hydroxyl groups excluding tert-OH is 1. The molecule has 2 aromatic rings. The lowest BCUT2D eigenvalue weighted by Crippen LogP contribution is -2.44. The van der Waals surface area contributed by atoms with Crippen molar-refractivity contribution in [3.05, 3.63) is 65.7 Å². The first kappa shape index (κ1) is 17.8. The van der Waals surface area contributed by atoms with Crippen LogP contribution in [0.15, 0.2) is 54.6 Å². The van der Waals surface area contributed by atoms with E-state index in [-0.39, 0.29) is 11.9 Å². The zero-order chi connectivity index (χ0) is 17.5. The first-order valence-electron chi connectivity index (χ1n) is 8.56. The SMILES string of the molecule is O=C(N[C@@H]1CSCCC[C@H]1O)c1ccc(OCc2ccccc2)cc1. The quantitative estimate of drug-likeness (QED) is 0.862. The molecule has 0 spiro atoms. The average Bonchev–Trinajstić information content (AvgIpc) is 2.86. The van der Waals surface area contributed by atoms with Gasteiger partial charge in [0.05, 0.1) is 12.1 Å². The lowest BCUT2D eigenvalue weighted by molar-refractivity contribution is 0.0845. The molecule has 1 amide bonds. The summed E-state index contributed by atoms with van der Waals surface area (Å²) in [5, 5.41) is 13.1. The topological polar surface area (TPSA) is 58.6 Å². The Morgan fingerprint density at radius 2 is 1.92 bits per heavy atom. The summed E-state index contributed by atoms with van der Waals surface area (Å²) in [6, 6.07) is 16.9. The van der Waals surface area contributed by atoms with Crippen LogP contribution in [0, 0.1) is 0 Å². The summed E-state index contributed by atoms with van der Waals surface area (Å²) in [7, 11) is 0. The van der Waals surface area contributed by atoms with Gasteiger partial charge in [0.25, 0.3) is 5.91 Å². The van der Waals surface area contributed by atoms with E-state index >= 15 is 0 Å². The molecule has 1 aliphatic rings. The van der Waals surface area contributed by atoms with E-state index in [1.807, 2.05) is 30.3 Å². The Kier molecular flexibility index (Phi) is 6.36. The van der Waals surface area contributed by atoms with Crippen LogP contribution in [0.2, 0.25) is 0 Å². The van der Waals surface area contributed by atoms with Gasteiger partial charge in [-0.05, 0) is 48.4 Å². The van der Waals surface area contributed by atoms with Crippen LogP contribution in [0.1, 0.15) is 28.8 Å². The van der Waals surface area contributed by atoms with Gasteiger partial charge in [0, 0.05) is 11.3 Å². The predicted octanol–water partition coefficient (Wildman–Crippen LogP) is 3.25. The van der Waals surface area contributed by atoms with Crippen molar-refractivity contribution in [1.82, 2.24) is 5.32 Å². The minimum absolute atomic E-state index is 0.152. The summed E-state index contributed by atoms with van der Waals surface area (Å²) in [5.74, 6) is 2.37.